The fourth-order valence-corrected chi connectivity index (χ4v) is 2.55. The summed E-state index contributed by atoms with van der Waals surface area (Å²) >= 11 is 6.30. The zero-order valence-electron chi connectivity index (χ0n) is 13.5. The molecule has 0 saturated carbocycles. The molecule has 1 unspecified atom stereocenters. The summed E-state index contributed by atoms with van der Waals surface area (Å²) in [5.74, 6) is 1.25. The van der Waals surface area contributed by atoms with Crippen molar-refractivity contribution in [2.24, 2.45) is 0 Å². The summed E-state index contributed by atoms with van der Waals surface area (Å²) in [5.41, 5.74) is 0. The molecule has 0 spiro atoms. The first-order chi connectivity index (χ1) is 11.2. The first-order valence-electron chi connectivity index (χ1n) is 7.81. The molecule has 126 valence electrons. The molecule has 0 aliphatic heterocycles. The van der Waals surface area contributed by atoms with E-state index in [1.54, 1.807) is 13.2 Å². The fraction of sp³-hybridized carbons (Fsp3) is 0.444. The number of aliphatic hydroxyl groups is 1. The SMILES string of the molecule is CCCCOCC(O)COc1c(Cl)cc(OC)c2ccccc12. The van der Waals surface area contributed by atoms with Crippen molar-refractivity contribution >= 4 is 22.4 Å². The van der Waals surface area contributed by atoms with Crippen molar-refractivity contribution in [3.05, 3.63) is 35.4 Å². The molecule has 0 bridgehead atoms. The number of unbranched alkanes of at least 4 members (excludes halogenated alkanes) is 1. The Balaban J connectivity index is 2.07. The Morgan fingerprint density at radius 3 is 2.61 bits per heavy atom. The van der Waals surface area contributed by atoms with E-state index in [0.29, 0.717) is 23.1 Å². The predicted molar refractivity (Wildman–Crippen MR) is 92.7 cm³/mol. The Morgan fingerprint density at radius 2 is 1.91 bits per heavy atom. The highest BCUT2D eigenvalue weighted by molar-refractivity contribution is 6.33. The van der Waals surface area contributed by atoms with Crippen molar-refractivity contribution in [2.75, 3.05) is 26.9 Å². The van der Waals surface area contributed by atoms with E-state index < -0.39 is 6.10 Å². The van der Waals surface area contributed by atoms with Gasteiger partial charge in [-0.1, -0.05) is 49.2 Å². The average Bonchev–Trinajstić information content (AvgIpc) is 2.57. The van der Waals surface area contributed by atoms with Crippen LogP contribution in [0.3, 0.4) is 0 Å². The minimum Gasteiger partial charge on any atom is -0.496 e. The number of aliphatic hydroxyl groups excluding tert-OH is 1. The summed E-state index contributed by atoms with van der Waals surface area (Å²) in [4.78, 5) is 0. The van der Waals surface area contributed by atoms with Crippen molar-refractivity contribution in [3.8, 4) is 11.5 Å². The zero-order chi connectivity index (χ0) is 16.7. The van der Waals surface area contributed by atoms with Crippen LogP contribution in [0.4, 0.5) is 0 Å². The highest BCUT2D eigenvalue weighted by Crippen LogP contribution is 2.39. The van der Waals surface area contributed by atoms with Gasteiger partial charge in [0.2, 0.25) is 0 Å². The lowest BCUT2D eigenvalue weighted by molar-refractivity contribution is 0.0116. The molecule has 0 aromatic heterocycles. The molecule has 0 aliphatic rings. The largest absolute Gasteiger partial charge is 0.496 e. The molecule has 2 rings (SSSR count). The minimum atomic E-state index is -0.691. The quantitative estimate of drug-likeness (QED) is 0.700. The zero-order valence-corrected chi connectivity index (χ0v) is 14.3. The molecule has 1 N–H and O–H groups in total. The molecule has 1 atom stereocenters. The summed E-state index contributed by atoms with van der Waals surface area (Å²) in [7, 11) is 1.61. The Kier molecular flexibility index (Phi) is 6.96. The maximum atomic E-state index is 9.96. The molecular formula is C18H23ClO4. The molecule has 0 radical (unpaired) electrons. The van der Waals surface area contributed by atoms with Crippen LogP contribution in [0.2, 0.25) is 5.02 Å². The lowest BCUT2D eigenvalue weighted by atomic mass is 10.1. The van der Waals surface area contributed by atoms with E-state index in [0.717, 1.165) is 23.6 Å². The monoisotopic (exact) mass is 338 g/mol. The van der Waals surface area contributed by atoms with Gasteiger partial charge in [0.25, 0.3) is 0 Å². The molecule has 0 fully saturated rings. The lowest BCUT2D eigenvalue weighted by Gasteiger charge is -2.16. The van der Waals surface area contributed by atoms with Crippen LogP contribution < -0.4 is 9.47 Å². The van der Waals surface area contributed by atoms with E-state index in [1.165, 1.54) is 0 Å². The van der Waals surface area contributed by atoms with Gasteiger partial charge in [-0.2, -0.15) is 0 Å². The molecule has 5 heteroatoms. The maximum absolute atomic E-state index is 9.96. The van der Waals surface area contributed by atoms with Crippen molar-refractivity contribution in [1.29, 1.82) is 0 Å². The molecule has 0 saturated heterocycles. The number of hydrogen-bond donors (Lipinski definition) is 1. The van der Waals surface area contributed by atoms with E-state index in [2.05, 4.69) is 6.92 Å². The number of rotatable bonds is 9. The number of hydrogen-bond acceptors (Lipinski definition) is 4. The fourth-order valence-electron chi connectivity index (χ4n) is 2.29. The van der Waals surface area contributed by atoms with Crippen LogP contribution in [0, 0.1) is 0 Å². The summed E-state index contributed by atoms with van der Waals surface area (Å²) in [6, 6.07) is 9.43. The van der Waals surface area contributed by atoms with Gasteiger partial charge in [0.1, 0.15) is 24.2 Å². The van der Waals surface area contributed by atoms with Crippen molar-refractivity contribution in [3.63, 3.8) is 0 Å². The average molecular weight is 339 g/mol. The number of benzene rings is 2. The molecule has 23 heavy (non-hydrogen) atoms. The Bertz CT molecular complexity index is 630. The van der Waals surface area contributed by atoms with Crippen LogP contribution in [-0.2, 0) is 4.74 Å². The van der Waals surface area contributed by atoms with Crippen LogP contribution in [0.1, 0.15) is 19.8 Å². The smallest absolute Gasteiger partial charge is 0.146 e. The second kappa shape index (κ2) is 8.96. The molecule has 0 amide bonds. The van der Waals surface area contributed by atoms with Crippen molar-refractivity contribution < 1.29 is 19.3 Å². The van der Waals surface area contributed by atoms with Crippen LogP contribution in [0.5, 0.6) is 11.5 Å². The second-order valence-corrected chi connectivity index (χ2v) is 5.74. The third kappa shape index (κ3) is 4.74. The number of halogens is 1. The van der Waals surface area contributed by atoms with Crippen molar-refractivity contribution in [1.82, 2.24) is 0 Å². The minimum absolute atomic E-state index is 0.127. The first-order valence-corrected chi connectivity index (χ1v) is 8.19. The summed E-state index contributed by atoms with van der Waals surface area (Å²) in [6.07, 6.45) is 1.37. The van der Waals surface area contributed by atoms with E-state index in [-0.39, 0.29) is 13.2 Å². The summed E-state index contributed by atoms with van der Waals surface area (Å²) in [6.45, 7) is 3.13. The Hall–Kier alpha value is -1.49. The molecule has 2 aromatic carbocycles. The summed E-state index contributed by atoms with van der Waals surface area (Å²) < 4.78 is 16.5. The second-order valence-electron chi connectivity index (χ2n) is 5.33. The van der Waals surface area contributed by atoms with Gasteiger partial charge < -0.3 is 19.3 Å². The molecule has 2 aromatic rings. The van der Waals surface area contributed by atoms with Crippen LogP contribution in [0.25, 0.3) is 10.8 Å². The number of fused-ring (bicyclic) bond motifs is 1. The molecule has 0 aliphatic carbocycles. The van der Waals surface area contributed by atoms with Crippen LogP contribution >= 0.6 is 11.6 Å². The van der Waals surface area contributed by atoms with Crippen molar-refractivity contribution in [2.45, 2.75) is 25.9 Å². The van der Waals surface area contributed by atoms with E-state index >= 15 is 0 Å². The third-order valence-corrected chi connectivity index (χ3v) is 3.79. The van der Waals surface area contributed by atoms with Crippen LogP contribution in [0.15, 0.2) is 30.3 Å². The van der Waals surface area contributed by atoms with E-state index in [4.69, 9.17) is 25.8 Å². The normalized spacial score (nSPS) is 12.3. The van der Waals surface area contributed by atoms with Gasteiger partial charge in [0, 0.05) is 23.4 Å². The van der Waals surface area contributed by atoms with Gasteiger partial charge in [-0.25, -0.2) is 0 Å². The predicted octanol–water partition coefficient (Wildman–Crippen LogP) is 4.06. The maximum Gasteiger partial charge on any atom is 0.146 e. The molecular weight excluding hydrogens is 316 g/mol. The van der Waals surface area contributed by atoms with Gasteiger partial charge in [-0.15, -0.1) is 0 Å². The third-order valence-electron chi connectivity index (χ3n) is 3.50. The van der Waals surface area contributed by atoms with Gasteiger partial charge >= 0.3 is 0 Å². The number of ether oxygens (including phenoxy) is 3. The van der Waals surface area contributed by atoms with Crippen LogP contribution in [-0.4, -0.2) is 38.1 Å². The Labute approximate surface area is 141 Å². The first kappa shape index (κ1) is 17.9. The van der Waals surface area contributed by atoms with Gasteiger partial charge in [0.15, 0.2) is 0 Å². The summed E-state index contributed by atoms with van der Waals surface area (Å²) in [5, 5.41) is 12.2. The highest BCUT2D eigenvalue weighted by Gasteiger charge is 2.14. The molecule has 0 heterocycles. The van der Waals surface area contributed by atoms with E-state index in [9.17, 15) is 5.11 Å². The lowest BCUT2D eigenvalue weighted by Crippen LogP contribution is -2.23. The van der Waals surface area contributed by atoms with Gasteiger partial charge in [-0.05, 0) is 6.42 Å². The standard InChI is InChI=1S/C18H23ClO4/c1-3-4-9-22-11-13(20)12-23-18-15-8-6-5-7-14(15)17(21-2)10-16(18)19/h5-8,10,13,20H,3-4,9,11-12H2,1-2H3. The topological polar surface area (TPSA) is 47.9 Å². The van der Waals surface area contributed by atoms with E-state index in [1.807, 2.05) is 24.3 Å². The highest BCUT2D eigenvalue weighted by atomic mass is 35.5. The van der Waals surface area contributed by atoms with Gasteiger partial charge in [-0.3, -0.25) is 0 Å². The number of methoxy groups -OCH3 is 1. The molecule has 4 nitrogen and oxygen atoms in total. The van der Waals surface area contributed by atoms with Gasteiger partial charge in [0.05, 0.1) is 18.7 Å². The Morgan fingerprint density at radius 1 is 1.17 bits per heavy atom.